The van der Waals surface area contributed by atoms with Gasteiger partial charge < -0.3 is 4.74 Å². The van der Waals surface area contributed by atoms with E-state index in [9.17, 15) is 0 Å². The van der Waals surface area contributed by atoms with Crippen molar-refractivity contribution in [3.8, 4) is 0 Å². The quantitative estimate of drug-likeness (QED) is 0.433. The van der Waals surface area contributed by atoms with Gasteiger partial charge in [-0.1, -0.05) is 74.5 Å². The Balaban J connectivity index is 0. The summed E-state index contributed by atoms with van der Waals surface area (Å²) in [5.41, 5.74) is 1.44. The molecule has 0 bridgehead atoms. The third kappa shape index (κ3) is 5.97. The summed E-state index contributed by atoms with van der Waals surface area (Å²) in [7, 11) is 0. The van der Waals surface area contributed by atoms with Gasteiger partial charge in [0.2, 0.25) is 0 Å². The van der Waals surface area contributed by atoms with Crippen LogP contribution < -0.4 is 0 Å². The maximum Gasteiger partial charge on any atom is 0.116 e. The Morgan fingerprint density at radius 1 is 0.917 bits per heavy atom. The number of hydrogen-bond donors (Lipinski definition) is 0. The maximum atomic E-state index is 6.07. The van der Waals surface area contributed by atoms with Gasteiger partial charge >= 0.3 is 0 Å². The first-order valence-corrected chi connectivity index (χ1v) is 10.7. The summed E-state index contributed by atoms with van der Waals surface area (Å²) in [5, 5.41) is 0. The lowest BCUT2D eigenvalue weighted by Crippen LogP contribution is -2.49. The van der Waals surface area contributed by atoms with Gasteiger partial charge in [0, 0.05) is 5.92 Å². The van der Waals surface area contributed by atoms with Crippen LogP contribution in [-0.2, 0) is 4.74 Å². The Labute approximate surface area is 154 Å². The van der Waals surface area contributed by atoms with Crippen LogP contribution in [-0.4, -0.2) is 5.60 Å². The predicted octanol–water partition coefficient (Wildman–Crippen LogP) is 8.17. The highest BCUT2D eigenvalue weighted by Gasteiger charge is 2.49. The molecule has 1 nitrogen and oxygen atoms in total. The number of ether oxygens (including phenoxy) is 1. The third-order valence-electron chi connectivity index (χ3n) is 4.89. The summed E-state index contributed by atoms with van der Waals surface area (Å²) in [6.07, 6.45) is 9.14. The Kier molecular flexibility index (Phi) is 14.4. The van der Waals surface area contributed by atoms with Gasteiger partial charge in [0.1, 0.15) is 11.4 Å². The number of hydrogen-bond acceptors (Lipinski definition) is 1. The fourth-order valence-corrected chi connectivity index (χ4v) is 4.20. The topological polar surface area (TPSA) is 9.23 Å². The predicted molar refractivity (Wildman–Crippen MR) is 111 cm³/mol. The molecule has 0 N–H and O–H groups in total. The molecule has 0 amide bonds. The first kappa shape index (κ1) is 25.5. The zero-order valence-electron chi connectivity index (χ0n) is 18.5. The van der Waals surface area contributed by atoms with Gasteiger partial charge in [0.05, 0.1) is 0 Å². The van der Waals surface area contributed by atoms with E-state index in [0.717, 1.165) is 17.6 Å². The molecule has 0 spiro atoms. The van der Waals surface area contributed by atoms with E-state index >= 15 is 0 Å². The van der Waals surface area contributed by atoms with Gasteiger partial charge in [0.25, 0.3) is 0 Å². The molecule has 144 valence electrons. The molecule has 3 aliphatic rings. The van der Waals surface area contributed by atoms with Crippen LogP contribution in [0.3, 0.4) is 0 Å². The van der Waals surface area contributed by atoms with Crippen LogP contribution in [0.2, 0.25) is 0 Å². The molecule has 0 aromatic heterocycles. The van der Waals surface area contributed by atoms with Crippen molar-refractivity contribution < 1.29 is 4.74 Å². The first-order valence-electron chi connectivity index (χ1n) is 10.7. The van der Waals surface area contributed by atoms with E-state index in [1.54, 1.807) is 0 Å². The van der Waals surface area contributed by atoms with Crippen LogP contribution in [0.25, 0.3) is 0 Å². The molecule has 1 heteroatoms. The molecule has 24 heavy (non-hydrogen) atoms. The van der Waals surface area contributed by atoms with Crippen LogP contribution in [0.5, 0.6) is 0 Å². The summed E-state index contributed by atoms with van der Waals surface area (Å²) < 4.78 is 6.07. The molecular weight excluding hydrogens is 292 g/mol. The van der Waals surface area contributed by atoms with Gasteiger partial charge in [-0.25, -0.2) is 0 Å². The smallest absolute Gasteiger partial charge is 0.116 e. The molecule has 2 fully saturated rings. The fraction of sp³-hybridized carbons (Fsp3) is 0.826. The number of allylic oxidation sites excluding steroid dienone is 2. The molecule has 0 radical (unpaired) electrons. The van der Waals surface area contributed by atoms with E-state index in [4.69, 9.17) is 4.74 Å². The minimum Gasteiger partial charge on any atom is -0.488 e. The van der Waals surface area contributed by atoms with Crippen molar-refractivity contribution in [3.63, 3.8) is 0 Å². The van der Waals surface area contributed by atoms with Gasteiger partial charge in [-0.2, -0.15) is 0 Å². The standard InChI is InChI=1S/C15H22O.4C2H6/c1-10-12-8-4-6-11-7-5-9-13(14(11)12)15(2,3)16-10;4*1-2/h8,11,13-14H,1,4-7,9H2,2-3H3;4*1-2H3. The highest BCUT2D eigenvalue weighted by molar-refractivity contribution is 5.33. The van der Waals surface area contributed by atoms with E-state index in [2.05, 4.69) is 26.5 Å². The maximum absolute atomic E-state index is 6.07. The monoisotopic (exact) mass is 338 g/mol. The Morgan fingerprint density at radius 2 is 1.46 bits per heavy atom. The summed E-state index contributed by atoms with van der Waals surface area (Å²) in [4.78, 5) is 0. The number of rotatable bonds is 0. The van der Waals surface area contributed by atoms with E-state index in [1.807, 2.05) is 55.4 Å². The Morgan fingerprint density at radius 3 is 2.00 bits per heavy atom. The molecule has 3 atom stereocenters. The summed E-state index contributed by atoms with van der Waals surface area (Å²) in [5.74, 6) is 3.32. The molecule has 3 rings (SSSR count). The van der Waals surface area contributed by atoms with Crippen molar-refractivity contribution in [3.05, 3.63) is 24.0 Å². The average molecular weight is 339 g/mol. The Hall–Kier alpha value is -0.720. The second-order valence-electron chi connectivity index (χ2n) is 6.19. The van der Waals surface area contributed by atoms with Crippen molar-refractivity contribution in [2.75, 3.05) is 0 Å². The van der Waals surface area contributed by atoms with E-state index in [1.165, 1.54) is 37.7 Å². The lowest BCUT2D eigenvalue weighted by Gasteiger charge is -2.53. The molecule has 1 aliphatic heterocycles. The van der Waals surface area contributed by atoms with Crippen molar-refractivity contribution in [1.82, 2.24) is 0 Å². The third-order valence-corrected chi connectivity index (χ3v) is 4.89. The van der Waals surface area contributed by atoms with Crippen molar-refractivity contribution in [2.45, 2.75) is 107 Å². The largest absolute Gasteiger partial charge is 0.488 e. The first-order chi connectivity index (χ1) is 11.6. The van der Waals surface area contributed by atoms with Gasteiger partial charge in [0.15, 0.2) is 0 Å². The lowest BCUT2D eigenvalue weighted by molar-refractivity contribution is -0.0849. The molecule has 1 saturated heterocycles. The van der Waals surface area contributed by atoms with Gasteiger partial charge in [-0.3, -0.25) is 0 Å². The van der Waals surface area contributed by atoms with E-state index in [-0.39, 0.29) is 5.60 Å². The van der Waals surface area contributed by atoms with Gasteiger partial charge in [-0.05, 0) is 56.9 Å². The van der Waals surface area contributed by atoms with Crippen molar-refractivity contribution in [2.24, 2.45) is 17.8 Å². The average Bonchev–Trinajstić information content (AvgIpc) is 2.66. The second kappa shape index (κ2) is 13.6. The van der Waals surface area contributed by atoms with Crippen LogP contribution >= 0.6 is 0 Å². The van der Waals surface area contributed by atoms with Crippen LogP contribution in [0.4, 0.5) is 0 Å². The molecular formula is C23H46O. The minimum absolute atomic E-state index is 0.00486. The summed E-state index contributed by atoms with van der Waals surface area (Å²) in [6, 6.07) is 0. The molecule has 1 saturated carbocycles. The SMILES string of the molecule is C=C1OC(C)(C)C2CCCC3CCC=C1C32.CC.CC.CC.CC. The summed E-state index contributed by atoms with van der Waals surface area (Å²) in [6.45, 7) is 24.6. The van der Waals surface area contributed by atoms with E-state index < -0.39 is 0 Å². The van der Waals surface area contributed by atoms with E-state index in [0.29, 0.717) is 5.92 Å². The molecule has 0 aromatic carbocycles. The molecule has 3 unspecified atom stereocenters. The summed E-state index contributed by atoms with van der Waals surface area (Å²) >= 11 is 0. The highest BCUT2D eigenvalue weighted by atomic mass is 16.5. The molecule has 2 aliphatic carbocycles. The highest BCUT2D eigenvalue weighted by Crippen LogP contribution is 2.54. The van der Waals surface area contributed by atoms with Crippen molar-refractivity contribution in [1.29, 1.82) is 0 Å². The fourth-order valence-electron chi connectivity index (χ4n) is 4.20. The van der Waals surface area contributed by atoms with Crippen LogP contribution in [0, 0.1) is 17.8 Å². The van der Waals surface area contributed by atoms with Crippen LogP contribution in [0.1, 0.15) is 101 Å². The van der Waals surface area contributed by atoms with Crippen molar-refractivity contribution >= 4 is 0 Å². The molecule has 1 heterocycles. The molecule has 0 aromatic rings. The second-order valence-corrected chi connectivity index (χ2v) is 6.19. The normalized spacial score (nSPS) is 28.2. The zero-order valence-corrected chi connectivity index (χ0v) is 18.5. The van der Waals surface area contributed by atoms with Crippen LogP contribution in [0.15, 0.2) is 24.0 Å². The minimum atomic E-state index is -0.00486. The zero-order chi connectivity index (χ0) is 19.3. The van der Waals surface area contributed by atoms with Gasteiger partial charge in [-0.15, -0.1) is 0 Å². The lowest BCUT2D eigenvalue weighted by atomic mass is 9.59. The Bertz CT molecular complexity index is 351.